The Balaban J connectivity index is 2.56. The zero-order chi connectivity index (χ0) is 13.1. The van der Waals surface area contributed by atoms with E-state index in [-0.39, 0.29) is 11.7 Å². The summed E-state index contributed by atoms with van der Waals surface area (Å²) in [5.74, 6) is -0.0403. The molecule has 1 aromatic rings. The summed E-state index contributed by atoms with van der Waals surface area (Å²) in [6.07, 6.45) is 0. The minimum absolute atomic E-state index is 0.223. The van der Waals surface area contributed by atoms with Crippen molar-refractivity contribution in [2.75, 3.05) is 11.5 Å². The number of carbonyl (C=O) groups is 1. The van der Waals surface area contributed by atoms with Crippen LogP contribution in [0, 0.1) is 0 Å². The lowest BCUT2D eigenvalue weighted by atomic mass is 10.2. The van der Waals surface area contributed by atoms with E-state index >= 15 is 0 Å². The first kappa shape index (κ1) is 14.2. The smallest absolute Gasteiger partial charge is 0.316 e. The summed E-state index contributed by atoms with van der Waals surface area (Å²) in [6, 6.07) is 5.19. The fourth-order valence-electron chi connectivity index (χ4n) is 1.14. The Morgan fingerprint density at radius 2 is 2.12 bits per heavy atom. The SMILES string of the molecule is CC(C)(C)OC(=O)CSc1cc(N)ccc1Cl. The molecule has 1 aromatic carbocycles. The molecule has 17 heavy (non-hydrogen) atoms. The minimum atomic E-state index is -0.461. The summed E-state index contributed by atoms with van der Waals surface area (Å²) in [4.78, 5) is 12.3. The Bertz CT molecular complexity index is 415. The second-order valence-corrected chi connectivity index (χ2v) is 5.99. The number of halogens is 1. The van der Waals surface area contributed by atoms with Gasteiger partial charge in [0.05, 0.1) is 10.8 Å². The van der Waals surface area contributed by atoms with Gasteiger partial charge in [-0.05, 0) is 39.0 Å². The number of anilines is 1. The molecule has 0 fully saturated rings. The third-order valence-electron chi connectivity index (χ3n) is 1.72. The Hall–Kier alpha value is -0.870. The van der Waals surface area contributed by atoms with Crippen LogP contribution in [0.1, 0.15) is 20.8 Å². The van der Waals surface area contributed by atoms with Crippen molar-refractivity contribution < 1.29 is 9.53 Å². The standard InChI is InChI=1S/C12H16ClNO2S/c1-12(2,3)16-11(15)7-17-10-6-8(14)4-5-9(10)13/h4-6H,7,14H2,1-3H3. The van der Waals surface area contributed by atoms with Gasteiger partial charge in [0.2, 0.25) is 0 Å². The third-order valence-corrected chi connectivity index (χ3v) is 3.19. The molecule has 0 bridgehead atoms. The lowest BCUT2D eigenvalue weighted by molar-refractivity contribution is -0.151. The maximum atomic E-state index is 11.5. The summed E-state index contributed by atoms with van der Waals surface area (Å²) in [5, 5.41) is 0.591. The molecule has 0 atom stereocenters. The summed E-state index contributed by atoms with van der Waals surface area (Å²) in [7, 11) is 0. The lowest BCUT2D eigenvalue weighted by Crippen LogP contribution is -2.24. The van der Waals surface area contributed by atoms with Crippen molar-refractivity contribution in [1.82, 2.24) is 0 Å². The van der Waals surface area contributed by atoms with E-state index in [9.17, 15) is 4.79 Å². The number of nitrogen functional groups attached to an aromatic ring is 1. The lowest BCUT2D eigenvalue weighted by Gasteiger charge is -2.19. The molecule has 0 aliphatic rings. The molecule has 0 amide bonds. The van der Waals surface area contributed by atoms with Gasteiger partial charge in [0.1, 0.15) is 5.60 Å². The average molecular weight is 274 g/mol. The van der Waals surface area contributed by atoms with Crippen molar-refractivity contribution in [2.24, 2.45) is 0 Å². The van der Waals surface area contributed by atoms with Crippen molar-refractivity contribution >= 4 is 35.0 Å². The van der Waals surface area contributed by atoms with E-state index < -0.39 is 5.60 Å². The normalized spacial score (nSPS) is 11.3. The topological polar surface area (TPSA) is 52.3 Å². The molecule has 0 saturated heterocycles. The molecule has 0 heterocycles. The van der Waals surface area contributed by atoms with Crippen LogP contribution in [0.3, 0.4) is 0 Å². The van der Waals surface area contributed by atoms with E-state index in [0.717, 1.165) is 4.90 Å². The maximum Gasteiger partial charge on any atom is 0.316 e. The molecule has 1 rings (SSSR count). The van der Waals surface area contributed by atoms with Gasteiger partial charge in [0.25, 0.3) is 0 Å². The van der Waals surface area contributed by atoms with Gasteiger partial charge >= 0.3 is 5.97 Å². The van der Waals surface area contributed by atoms with Crippen LogP contribution < -0.4 is 5.73 Å². The van der Waals surface area contributed by atoms with E-state index in [4.69, 9.17) is 22.1 Å². The number of ether oxygens (including phenoxy) is 1. The van der Waals surface area contributed by atoms with Gasteiger partial charge in [-0.3, -0.25) is 4.79 Å². The van der Waals surface area contributed by atoms with E-state index in [1.165, 1.54) is 11.8 Å². The average Bonchev–Trinajstić information content (AvgIpc) is 2.17. The maximum absolute atomic E-state index is 11.5. The van der Waals surface area contributed by atoms with Crippen molar-refractivity contribution in [3.63, 3.8) is 0 Å². The molecular formula is C12H16ClNO2S. The number of thioether (sulfide) groups is 1. The zero-order valence-electron chi connectivity index (χ0n) is 10.1. The van der Waals surface area contributed by atoms with Crippen LogP contribution >= 0.6 is 23.4 Å². The number of hydrogen-bond donors (Lipinski definition) is 1. The predicted molar refractivity (Wildman–Crippen MR) is 72.4 cm³/mol. The van der Waals surface area contributed by atoms with Gasteiger partial charge in [0.15, 0.2) is 0 Å². The van der Waals surface area contributed by atoms with Crippen LogP contribution in [-0.2, 0) is 9.53 Å². The molecule has 0 spiro atoms. The van der Waals surface area contributed by atoms with Crippen LogP contribution in [0.25, 0.3) is 0 Å². The molecule has 94 valence electrons. The highest BCUT2D eigenvalue weighted by Gasteiger charge is 2.16. The molecular weight excluding hydrogens is 258 g/mol. The number of esters is 1. The second-order valence-electron chi connectivity index (χ2n) is 4.56. The fourth-order valence-corrected chi connectivity index (χ4v) is 2.18. The van der Waals surface area contributed by atoms with Gasteiger partial charge in [-0.2, -0.15) is 0 Å². The van der Waals surface area contributed by atoms with E-state index in [2.05, 4.69) is 0 Å². The van der Waals surface area contributed by atoms with Crippen LogP contribution in [0.4, 0.5) is 5.69 Å². The third kappa shape index (κ3) is 5.33. The summed E-state index contributed by atoms with van der Waals surface area (Å²) >= 11 is 7.31. The highest BCUT2D eigenvalue weighted by atomic mass is 35.5. The van der Waals surface area contributed by atoms with Crippen molar-refractivity contribution in [2.45, 2.75) is 31.3 Å². The Kier molecular flexibility index (Phi) is 4.71. The van der Waals surface area contributed by atoms with Crippen molar-refractivity contribution in [3.05, 3.63) is 23.2 Å². The minimum Gasteiger partial charge on any atom is -0.459 e. The second kappa shape index (κ2) is 5.65. The van der Waals surface area contributed by atoms with E-state index in [0.29, 0.717) is 10.7 Å². The van der Waals surface area contributed by atoms with Gasteiger partial charge < -0.3 is 10.5 Å². The molecule has 2 N–H and O–H groups in total. The van der Waals surface area contributed by atoms with Crippen LogP contribution in [-0.4, -0.2) is 17.3 Å². The van der Waals surface area contributed by atoms with Gasteiger partial charge in [-0.1, -0.05) is 11.6 Å². The van der Waals surface area contributed by atoms with E-state index in [1.807, 2.05) is 20.8 Å². The molecule has 0 aliphatic carbocycles. The Labute approximate surface area is 111 Å². The number of rotatable bonds is 3. The summed E-state index contributed by atoms with van der Waals surface area (Å²) in [5.41, 5.74) is 5.81. The summed E-state index contributed by atoms with van der Waals surface area (Å²) in [6.45, 7) is 5.51. The quantitative estimate of drug-likeness (QED) is 0.521. The monoisotopic (exact) mass is 273 g/mol. The largest absolute Gasteiger partial charge is 0.459 e. The van der Waals surface area contributed by atoms with Crippen molar-refractivity contribution in [3.8, 4) is 0 Å². The van der Waals surface area contributed by atoms with Gasteiger partial charge in [-0.25, -0.2) is 0 Å². The first-order valence-electron chi connectivity index (χ1n) is 5.17. The predicted octanol–water partition coefficient (Wildman–Crippen LogP) is 3.36. The number of carbonyl (C=O) groups excluding carboxylic acids is 1. The molecule has 0 radical (unpaired) electrons. The molecule has 5 heteroatoms. The number of nitrogens with two attached hydrogens (primary N) is 1. The molecule has 0 saturated carbocycles. The molecule has 0 aromatic heterocycles. The molecule has 0 unspecified atom stereocenters. The van der Waals surface area contributed by atoms with E-state index in [1.54, 1.807) is 18.2 Å². The Morgan fingerprint density at radius 3 is 2.71 bits per heavy atom. The fraction of sp³-hybridized carbons (Fsp3) is 0.417. The van der Waals surface area contributed by atoms with Crippen LogP contribution in [0.5, 0.6) is 0 Å². The Morgan fingerprint density at radius 1 is 1.47 bits per heavy atom. The van der Waals surface area contributed by atoms with Gasteiger partial charge in [0, 0.05) is 10.6 Å². The summed E-state index contributed by atoms with van der Waals surface area (Å²) < 4.78 is 5.20. The first-order chi connectivity index (χ1) is 7.78. The number of benzene rings is 1. The zero-order valence-corrected chi connectivity index (χ0v) is 11.7. The first-order valence-corrected chi connectivity index (χ1v) is 6.54. The van der Waals surface area contributed by atoms with Gasteiger partial charge in [-0.15, -0.1) is 11.8 Å². The van der Waals surface area contributed by atoms with Crippen LogP contribution in [0.2, 0.25) is 5.02 Å². The van der Waals surface area contributed by atoms with Crippen LogP contribution in [0.15, 0.2) is 23.1 Å². The highest BCUT2D eigenvalue weighted by molar-refractivity contribution is 8.00. The number of hydrogen-bond acceptors (Lipinski definition) is 4. The van der Waals surface area contributed by atoms with Crippen molar-refractivity contribution in [1.29, 1.82) is 0 Å². The molecule has 3 nitrogen and oxygen atoms in total. The molecule has 0 aliphatic heterocycles. The highest BCUT2D eigenvalue weighted by Crippen LogP contribution is 2.29.